The Balaban J connectivity index is 1.64. The van der Waals surface area contributed by atoms with Crippen LogP contribution in [0.25, 0.3) is 0 Å². The zero-order chi connectivity index (χ0) is 16.2. The molecule has 124 valence electrons. The third-order valence-corrected chi connectivity index (χ3v) is 4.59. The number of hydrogen-bond acceptors (Lipinski definition) is 3. The number of likely N-dealkylation sites (tertiary alicyclic amines) is 1. The zero-order valence-electron chi connectivity index (χ0n) is 13.0. The van der Waals surface area contributed by atoms with Gasteiger partial charge in [-0.1, -0.05) is 11.6 Å². The third-order valence-electron chi connectivity index (χ3n) is 4.26. The van der Waals surface area contributed by atoms with E-state index in [1.165, 1.54) is 6.42 Å². The fraction of sp³-hybridized carbons (Fsp3) is 0.500. The van der Waals surface area contributed by atoms with Gasteiger partial charge in [0.05, 0.1) is 17.3 Å². The summed E-state index contributed by atoms with van der Waals surface area (Å²) in [4.78, 5) is 27.5. The number of halogens is 1. The van der Waals surface area contributed by atoms with Crippen molar-refractivity contribution >= 4 is 34.9 Å². The number of carbonyl (C=O) groups is 2. The van der Waals surface area contributed by atoms with Crippen LogP contribution in [0.2, 0.25) is 5.02 Å². The quantitative estimate of drug-likeness (QED) is 0.886. The Bertz CT molecular complexity index is 602. The van der Waals surface area contributed by atoms with Crippen molar-refractivity contribution in [1.29, 1.82) is 0 Å². The van der Waals surface area contributed by atoms with Gasteiger partial charge in [-0.15, -0.1) is 0 Å². The Kier molecular flexibility index (Phi) is 4.91. The van der Waals surface area contributed by atoms with Crippen LogP contribution < -0.4 is 15.5 Å². The highest BCUT2D eigenvalue weighted by Gasteiger charge is 2.22. The van der Waals surface area contributed by atoms with Crippen molar-refractivity contribution < 1.29 is 9.59 Å². The van der Waals surface area contributed by atoms with Gasteiger partial charge in [-0.2, -0.15) is 0 Å². The van der Waals surface area contributed by atoms with E-state index in [2.05, 4.69) is 10.6 Å². The molecule has 23 heavy (non-hydrogen) atoms. The summed E-state index contributed by atoms with van der Waals surface area (Å²) in [6, 6.07) is 5.26. The lowest BCUT2D eigenvalue weighted by atomic mass is 10.1. The standard InChI is InChI=1S/C16H21ClN4O2/c17-13-5-4-12(21-9-6-18-16(21)23)10-14(13)19-11-15(22)20-7-2-1-3-8-20/h4-5,10,19H,1-3,6-9,11H2,(H,18,23). The Morgan fingerprint density at radius 2 is 2.00 bits per heavy atom. The summed E-state index contributed by atoms with van der Waals surface area (Å²) < 4.78 is 0. The summed E-state index contributed by atoms with van der Waals surface area (Å²) in [6.07, 6.45) is 3.35. The topological polar surface area (TPSA) is 64.7 Å². The van der Waals surface area contributed by atoms with Crippen LogP contribution in [0.15, 0.2) is 18.2 Å². The minimum absolute atomic E-state index is 0.0880. The van der Waals surface area contributed by atoms with E-state index in [1.807, 2.05) is 17.0 Å². The second-order valence-corrected chi connectivity index (χ2v) is 6.25. The molecule has 0 saturated carbocycles. The first kappa shape index (κ1) is 15.9. The first-order valence-electron chi connectivity index (χ1n) is 8.02. The number of benzene rings is 1. The molecule has 2 aliphatic heterocycles. The van der Waals surface area contributed by atoms with E-state index in [0.29, 0.717) is 23.8 Å². The average molecular weight is 337 g/mol. The predicted molar refractivity (Wildman–Crippen MR) is 91.1 cm³/mol. The number of urea groups is 1. The van der Waals surface area contributed by atoms with Gasteiger partial charge in [0.25, 0.3) is 0 Å². The Labute approximate surface area is 140 Å². The molecule has 0 radical (unpaired) electrons. The van der Waals surface area contributed by atoms with Crippen LogP contribution in [0.5, 0.6) is 0 Å². The van der Waals surface area contributed by atoms with Crippen molar-refractivity contribution in [2.45, 2.75) is 19.3 Å². The van der Waals surface area contributed by atoms with E-state index >= 15 is 0 Å². The van der Waals surface area contributed by atoms with Gasteiger partial charge >= 0.3 is 6.03 Å². The molecule has 1 aromatic rings. The predicted octanol–water partition coefficient (Wildman–Crippen LogP) is 2.29. The molecule has 0 unspecified atom stereocenters. The highest BCUT2D eigenvalue weighted by atomic mass is 35.5. The highest BCUT2D eigenvalue weighted by molar-refractivity contribution is 6.33. The van der Waals surface area contributed by atoms with Crippen LogP contribution in [0.4, 0.5) is 16.2 Å². The summed E-state index contributed by atoms with van der Waals surface area (Å²) in [5.74, 6) is 0.0880. The lowest BCUT2D eigenvalue weighted by Crippen LogP contribution is -2.39. The molecule has 0 aromatic heterocycles. The smallest absolute Gasteiger partial charge is 0.321 e. The second-order valence-electron chi connectivity index (χ2n) is 5.84. The first-order valence-corrected chi connectivity index (χ1v) is 8.39. The first-order chi connectivity index (χ1) is 11.1. The molecule has 2 saturated heterocycles. The molecule has 6 nitrogen and oxygen atoms in total. The molecule has 0 bridgehead atoms. The number of carbonyl (C=O) groups excluding carboxylic acids is 2. The Morgan fingerprint density at radius 1 is 1.22 bits per heavy atom. The average Bonchev–Trinajstić information content (AvgIpc) is 3.01. The van der Waals surface area contributed by atoms with E-state index < -0.39 is 0 Å². The SMILES string of the molecule is O=C(CNc1cc(N2CCNC2=O)ccc1Cl)N1CCCCC1. The molecule has 2 heterocycles. The van der Waals surface area contributed by atoms with E-state index in [9.17, 15) is 9.59 Å². The number of anilines is 2. The molecule has 2 N–H and O–H groups in total. The van der Waals surface area contributed by atoms with E-state index in [4.69, 9.17) is 11.6 Å². The maximum absolute atomic E-state index is 12.2. The van der Waals surface area contributed by atoms with Gasteiger partial charge in [0.2, 0.25) is 5.91 Å². The van der Waals surface area contributed by atoms with Crippen LogP contribution in [0.1, 0.15) is 19.3 Å². The van der Waals surface area contributed by atoms with E-state index in [0.717, 1.165) is 31.6 Å². The second kappa shape index (κ2) is 7.08. The van der Waals surface area contributed by atoms with Gasteiger partial charge in [-0.05, 0) is 37.5 Å². The van der Waals surface area contributed by atoms with Gasteiger partial charge in [-0.3, -0.25) is 9.69 Å². The number of piperidine rings is 1. The highest BCUT2D eigenvalue weighted by Crippen LogP contribution is 2.28. The third kappa shape index (κ3) is 3.69. The summed E-state index contributed by atoms with van der Waals surface area (Å²) in [6.45, 7) is 3.16. The van der Waals surface area contributed by atoms with Gasteiger partial charge in [-0.25, -0.2) is 4.79 Å². The molecule has 2 aliphatic rings. The maximum Gasteiger partial charge on any atom is 0.321 e. The summed E-state index contributed by atoms with van der Waals surface area (Å²) in [5.41, 5.74) is 1.45. The summed E-state index contributed by atoms with van der Waals surface area (Å²) in [7, 11) is 0. The van der Waals surface area contributed by atoms with Crippen LogP contribution in [-0.4, -0.2) is 49.6 Å². The fourth-order valence-electron chi connectivity index (χ4n) is 2.96. The molecule has 3 amide bonds. The van der Waals surface area contributed by atoms with Crippen LogP contribution in [-0.2, 0) is 4.79 Å². The summed E-state index contributed by atoms with van der Waals surface area (Å²) in [5, 5.41) is 6.42. The molecule has 7 heteroatoms. The molecule has 0 spiro atoms. The van der Waals surface area contributed by atoms with E-state index in [1.54, 1.807) is 11.0 Å². The number of nitrogens with one attached hydrogen (secondary N) is 2. The molecular weight excluding hydrogens is 316 g/mol. The number of amides is 3. The summed E-state index contributed by atoms with van der Waals surface area (Å²) >= 11 is 6.20. The van der Waals surface area contributed by atoms with E-state index in [-0.39, 0.29) is 18.5 Å². The molecule has 0 aliphatic carbocycles. The van der Waals surface area contributed by atoms with Crippen molar-refractivity contribution in [3.05, 3.63) is 23.2 Å². The Morgan fingerprint density at radius 3 is 2.70 bits per heavy atom. The minimum atomic E-state index is -0.109. The number of rotatable bonds is 4. The molecule has 1 aromatic carbocycles. The zero-order valence-corrected chi connectivity index (χ0v) is 13.7. The van der Waals surface area contributed by atoms with Gasteiger partial charge in [0.1, 0.15) is 0 Å². The molecule has 2 fully saturated rings. The van der Waals surface area contributed by atoms with Crippen molar-refractivity contribution in [3.63, 3.8) is 0 Å². The largest absolute Gasteiger partial charge is 0.375 e. The maximum atomic E-state index is 12.2. The van der Waals surface area contributed by atoms with Crippen molar-refractivity contribution in [2.75, 3.05) is 42.9 Å². The minimum Gasteiger partial charge on any atom is -0.375 e. The van der Waals surface area contributed by atoms with Crippen LogP contribution in [0, 0.1) is 0 Å². The fourth-order valence-corrected chi connectivity index (χ4v) is 3.14. The molecular formula is C16H21ClN4O2. The van der Waals surface area contributed by atoms with Gasteiger partial charge in [0.15, 0.2) is 0 Å². The van der Waals surface area contributed by atoms with Gasteiger partial charge in [0, 0.05) is 31.9 Å². The van der Waals surface area contributed by atoms with Crippen LogP contribution >= 0.6 is 11.6 Å². The van der Waals surface area contributed by atoms with Crippen molar-refractivity contribution in [2.24, 2.45) is 0 Å². The lowest BCUT2D eigenvalue weighted by Gasteiger charge is -2.27. The number of hydrogen-bond donors (Lipinski definition) is 2. The Hall–Kier alpha value is -1.95. The lowest BCUT2D eigenvalue weighted by molar-refractivity contribution is -0.130. The van der Waals surface area contributed by atoms with Crippen molar-refractivity contribution in [1.82, 2.24) is 10.2 Å². The van der Waals surface area contributed by atoms with Gasteiger partial charge < -0.3 is 15.5 Å². The molecule has 0 atom stereocenters. The number of nitrogens with zero attached hydrogens (tertiary/aromatic N) is 2. The van der Waals surface area contributed by atoms with Crippen molar-refractivity contribution in [3.8, 4) is 0 Å². The van der Waals surface area contributed by atoms with Crippen LogP contribution in [0.3, 0.4) is 0 Å². The normalized spacial score (nSPS) is 18.0. The monoisotopic (exact) mass is 336 g/mol. The molecule has 3 rings (SSSR count).